The first-order chi connectivity index (χ1) is 8.20. The number of hydrogen-bond donors (Lipinski definition) is 1. The monoisotopic (exact) mass is 231 g/mol. The van der Waals surface area contributed by atoms with Crippen LogP contribution in [0.25, 0.3) is 0 Å². The third-order valence-corrected chi connectivity index (χ3v) is 3.17. The van der Waals surface area contributed by atoms with E-state index in [9.17, 15) is 0 Å². The van der Waals surface area contributed by atoms with Crippen LogP contribution >= 0.6 is 0 Å². The van der Waals surface area contributed by atoms with E-state index in [-0.39, 0.29) is 6.10 Å². The molecule has 1 aromatic rings. The number of nitrogens with zero attached hydrogens (tertiary/aromatic N) is 2. The molecule has 4 nitrogen and oxygen atoms in total. The van der Waals surface area contributed by atoms with Crippen molar-refractivity contribution in [2.45, 2.75) is 38.8 Å². The van der Waals surface area contributed by atoms with Crippen LogP contribution in [0, 0.1) is 18.3 Å². The molecule has 0 unspecified atom stereocenters. The average molecular weight is 231 g/mol. The molecule has 90 valence electrons. The van der Waals surface area contributed by atoms with E-state index in [1.54, 1.807) is 12.3 Å². The molecule has 17 heavy (non-hydrogen) atoms. The Kier molecular flexibility index (Phi) is 3.60. The van der Waals surface area contributed by atoms with Crippen LogP contribution in [0.15, 0.2) is 12.3 Å². The fraction of sp³-hybridized carbons (Fsp3) is 0.538. The van der Waals surface area contributed by atoms with Crippen molar-refractivity contribution in [3.8, 4) is 11.9 Å². The van der Waals surface area contributed by atoms with Gasteiger partial charge in [0, 0.05) is 24.3 Å². The summed E-state index contributed by atoms with van der Waals surface area (Å²) in [6, 6.07) is 4.42. The molecular formula is C13H17N3O. The molecule has 2 atom stereocenters. The van der Waals surface area contributed by atoms with Gasteiger partial charge in [-0.05, 0) is 32.8 Å². The number of nitriles is 1. The van der Waals surface area contributed by atoms with E-state index >= 15 is 0 Å². The van der Waals surface area contributed by atoms with Crippen LogP contribution in [0.5, 0.6) is 5.88 Å². The van der Waals surface area contributed by atoms with Crippen LogP contribution in [0.2, 0.25) is 0 Å². The lowest BCUT2D eigenvalue weighted by Crippen LogP contribution is -2.42. The lowest BCUT2D eigenvalue weighted by molar-refractivity contribution is 0.145. The zero-order valence-electron chi connectivity index (χ0n) is 10.2. The van der Waals surface area contributed by atoms with Crippen molar-refractivity contribution in [1.82, 2.24) is 10.3 Å². The first-order valence-corrected chi connectivity index (χ1v) is 5.96. The minimum atomic E-state index is 0.159. The maximum absolute atomic E-state index is 8.94. The van der Waals surface area contributed by atoms with E-state index in [2.05, 4.69) is 23.3 Å². The van der Waals surface area contributed by atoms with Gasteiger partial charge in [-0.15, -0.1) is 0 Å². The van der Waals surface area contributed by atoms with Gasteiger partial charge < -0.3 is 10.1 Å². The third-order valence-electron chi connectivity index (χ3n) is 3.17. The van der Waals surface area contributed by atoms with E-state index in [0.717, 1.165) is 24.9 Å². The van der Waals surface area contributed by atoms with Gasteiger partial charge in [0.05, 0.1) is 11.6 Å². The Morgan fingerprint density at radius 3 is 3.00 bits per heavy atom. The van der Waals surface area contributed by atoms with E-state index in [1.807, 2.05) is 6.92 Å². The number of aromatic nitrogens is 1. The highest BCUT2D eigenvalue weighted by Crippen LogP contribution is 2.21. The molecule has 4 heteroatoms. The number of ether oxygens (including phenoxy) is 1. The van der Waals surface area contributed by atoms with Crippen LogP contribution < -0.4 is 10.1 Å². The molecule has 0 bridgehead atoms. The molecule has 0 aliphatic carbocycles. The molecule has 1 N–H and O–H groups in total. The van der Waals surface area contributed by atoms with Gasteiger partial charge >= 0.3 is 0 Å². The van der Waals surface area contributed by atoms with Gasteiger partial charge in [-0.1, -0.05) is 0 Å². The molecule has 2 heterocycles. The summed E-state index contributed by atoms with van der Waals surface area (Å²) in [6.45, 7) is 4.90. The Morgan fingerprint density at radius 1 is 1.53 bits per heavy atom. The molecule has 1 fully saturated rings. The smallest absolute Gasteiger partial charge is 0.217 e. The first-order valence-electron chi connectivity index (χ1n) is 5.96. The highest BCUT2D eigenvalue weighted by atomic mass is 16.5. The van der Waals surface area contributed by atoms with Crippen LogP contribution in [0.4, 0.5) is 0 Å². The minimum absolute atomic E-state index is 0.159. The highest BCUT2D eigenvalue weighted by molar-refractivity contribution is 5.41. The average Bonchev–Trinajstić information content (AvgIpc) is 2.35. The van der Waals surface area contributed by atoms with Crippen LogP contribution in [0.1, 0.15) is 30.9 Å². The van der Waals surface area contributed by atoms with Crippen molar-refractivity contribution < 1.29 is 4.74 Å². The fourth-order valence-corrected chi connectivity index (χ4v) is 1.99. The summed E-state index contributed by atoms with van der Waals surface area (Å²) in [7, 11) is 0. The molecule has 0 radical (unpaired) electrons. The van der Waals surface area contributed by atoms with E-state index in [4.69, 9.17) is 10.00 Å². The van der Waals surface area contributed by atoms with Gasteiger partial charge in [0.2, 0.25) is 5.88 Å². The summed E-state index contributed by atoms with van der Waals surface area (Å²) in [6.07, 6.45) is 3.93. The van der Waals surface area contributed by atoms with Crippen molar-refractivity contribution in [3.05, 3.63) is 23.4 Å². The van der Waals surface area contributed by atoms with Gasteiger partial charge in [0.1, 0.15) is 6.10 Å². The number of rotatable bonds is 2. The Bertz CT molecular complexity index is 431. The third kappa shape index (κ3) is 2.75. The molecule has 0 amide bonds. The molecular weight excluding hydrogens is 214 g/mol. The lowest BCUT2D eigenvalue weighted by atomic mass is 10.0. The summed E-state index contributed by atoms with van der Waals surface area (Å²) in [5.74, 6) is 0.588. The summed E-state index contributed by atoms with van der Waals surface area (Å²) in [5.41, 5.74) is 1.46. The van der Waals surface area contributed by atoms with Gasteiger partial charge in [-0.2, -0.15) is 5.26 Å². The van der Waals surface area contributed by atoms with E-state index < -0.39 is 0 Å². The van der Waals surface area contributed by atoms with Gasteiger partial charge in [-0.25, -0.2) is 4.98 Å². The van der Waals surface area contributed by atoms with E-state index in [1.165, 1.54) is 0 Å². The number of hydrogen-bond acceptors (Lipinski definition) is 4. The summed E-state index contributed by atoms with van der Waals surface area (Å²) < 4.78 is 5.85. The predicted octanol–water partition coefficient (Wildman–Crippen LogP) is 1.78. The van der Waals surface area contributed by atoms with E-state index in [0.29, 0.717) is 17.5 Å². The van der Waals surface area contributed by atoms with Crippen LogP contribution in [-0.4, -0.2) is 23.7 Å². The molecule has 0 saturated carbocycles. The van der Waals surface area contributed by atoms with Crippen molar-refractivity contribution in [1.29, 1.82) is 5.26 Å². The zero-order valence-corrected chi connectivity index (χ0v) is 10.2. The standard InChI is InChI=1S/C13H17N3O/c1-9-3-4-12(8-16-9)17-13-10(2)11(7-14)5-6-15-13/h5-6,9,12,16H,3-4,8H2,1-2H3/t9-,12-/m1/s1. The molecule has 1 saturated heterocycles. The molecule has 1 aliphatic heterocycles. The molecule has 2 rings (SSSR count). The maximum Gasteiger partial charge on any atom is 0.217 e. The lowest BCUT2D eigenvalue weighted by Gasteiger charge is -2.28. The Labute approximate surface area is 102 Å². The van der Waals surface area contributed by atoms with Gasteiger partial charge in [0.15, 0.2) is 0 Å². The minimum Gasteiger partial charge on any atom is -0.473 e. The molecule has 1 aliphatic rings. The molecule has 1 aromatic heterocycles. The summed E-state index contributed by atoms with van der Waals surface area (Å²) in [4.78, 5) is 4.20. The highest BCUT2D eigenvalue weighted by Gasteiger charge is 2.20. The topological polar surface area (TPSA) is 57.9 Å². The van der Waals surface area contributed by atoms with Crippen molar-refractivity contribution in [3.63, 3.8) is 0 Å². The second-order valence-corrected chi connectivity index (χ2v) is 4.53. The largest absolute Gasteiger partial charge is 0.473 e. The number of piperidine rings is 1. The van der Waals surface area contributed by atoms with Gasteiger partial charge in [0.25, 0.3) is 0 Å². The first kappa shape index (κ1) is 11.9. The SMILES string of the molecule is Cc1c(C#N)ccnc1O[C@@H]1CC[C@@H](C)NC1. The molecule has 0 spiro atoms. The number of nitrogens with one attached hydrogen (secondary N) is 1. The number of pyridine rings is 1. The Hall–Kier alpha value is -1.60. The summed E-state index contributed by atoms with van der Waals surface area (Å²) >= 11 is 0. The quantitative estimate of drug-likeness (QED) is 0.843. The maximum atomic E-state index is 8.94. The van der Waals surface area contributed by atoms with Gasteiger partial charge in [-0.3, -0.25) is 0 Å². The van der Waals surface area contributed by atoms with Crippen molar-refractivity contribution in [2.75, 3.05) is 6.54 Å². The van der Waals surface area contributed by atoms with Crippen LogP contribution in [0.3, 0.4) is 0 Å². The van der Waals surface area contributed by atoms with Crippen LogP contribution in [-0.2, 0) is 0 Å². The Balaban J connectivity index is 2.06. The fourth-order valence-electron chi connectivity index (χ4n) is 1.99. The molecule has 0 aromatic carbocycles. The normalized spacial score (nSPS) is 24.1. The zero-order chi connectivity index (χ0) is 12.3. The van der Waals surface area contributed by atoms with Crippen molar-refractivity contribution >= 4 is 0 Å². The second-order valence-electron chi connectivity index (χ2n) is 4.53. The van der Waals surface area contributed by atoms with Crippen molar-refractivity contribution in [2.24, 2.45) is 0 Å². The predicted molar refractivity (Wildman–Crippen MR) is 64.8 cm³/mol. The Morgan fingerprint density at radius 2 is 2.35 bits per heavy atom. The second kappa shape index (κ2) is 5.15. The summed E-state index contributed by atoms with van der Waals surface area (Å²) in [5, 5.41) is 12.3.